The summed E-state index contributed by atoms with van der Waals surface area (Å²) >= 11 is 0. The molecule has 1 atom stereocenters. The van der Waals surface area contributed by atoms with Crippen molar-refractivity contribution in [2.45, 2.75) is 45.6 Å². The van der Waals surface area contributed by atoms with Gasteiger partial charge in [-0.15, -0.1) is 0 Å². The second-order valence-electron chi connectivity index (χ2n) is 9.18. The van der Waals surface area contributed by atoms with Crippen molar-refractivity contribution in [1.29, 1.82) is 0 Å². The standard InChI is InChI=1S/C26H32N2O5/c1-5-28(15-17(2)24(30)31)23(29)14-26(3,4)27-25(32)33-16-22-20-12-8-6-10-18(20)19-11-7-9-13-21(19)22/h6-13,17,22H,5,14-16H2,1-4H3,(H,27,32)(H,30,31). The molecular formula is C26H32N2O5. The normalized spacial score (nSPS) is 13.6. The van der Waals surface area contributed by atoms with E-state index < -0.39 is 23.5 Å². The zero-order valence-electron chi connectivity index (χ0n) is 19.6. The lowest BCUT2D eigenvalue weighted by Crippen LogP contribution is -2.48. The van der Waals surface area contributed by atoms with Gasteiger partial charge in [0.15, 0.2) is 0 Å². The van der Waals surface area contributed by atoms with Gasteiger partial charge >= 0.3 is 12.1 Å². The number of nitrogens with zero attached hydrogens (tertiary/aromatic N) is 1. The summed E-state index contributed by atoms with van der Waals surface area (Å²) in [5, 5.41) is 11.9. The van der Waals surface area contributed by atoms with Crippen LogP contribution in [0.1, 0.15) is 51.2 Å². The quantitative estimate of drug-likeness (QED) is 0.593. The van der Waals surface area contributed by atoms with E-state index >= 15 is 0 Å². The fraction of sp³-hybridized carbons (Fsp3) is 0.423. The van der Waals surface area contributed by atoms with E-state index in [9.17, 15) is 14.4 Å². The van der Waals surface area contributed by atoms with E-state index in [2.05, 4.69) is 29.6 Å². The van der Waals surface area contributed by atoms with Crippen molar-refractivity contribution < 1.29 is 24.2 Å². The van der Waals surface area contributed by atoms with Gasteiger partial charge in [-0.25, -0.2) is 4.79 Å². The molecule has 1 unspecified atom stereocenters. The lowest BCUT2D eigenvalue weighted by atomic mass is 9.98. The number of aliphatic carboxylic acids is 1. The SMILES string of the molecule is CCN(CC(C)C(=O)O)C(=O)CC(C)(C)NC(=O)OCC1c2ccccc2-c2ccccc21. The average Bonchev–Trinajstić information content (AvgIpc) is 3.08. The van der Waals surface area contributed by atoms with Crippen molar-refractivity contribution in [2.75, 3.05) is 19.7 Å². The zero-order valence-corrected chi connectivity index (χ0v) is 19.6. The number of ether oxygens (including phenoxy) is 1. The predicted octanol–water partition coefficient (Wildman–Crippen LogP) is 4.26. The van der Waals surface area contributed by atoms with Crippen LogP contribution in [0.5, 0.6) is 0 Å². The first-order chi connectivity index (χ1) is 15.6. The molecule has 33 heavy (non-hydrogen) atoms. The summed E-state index contributed by atoms with van der Waals surface area (Å²) in [5.41, 5.74) is 3.73. The van der Waals surface area contributed by atoms with Crippen molar-refractivity contribution in [1.82, 2.24) is 10.2 Å². The molecule has 1 aliphatic carbocycles. The Morgan fingerprint density at radius 2 is 1.61 bits per heavy atom. The van der Waals surface area contributed by atoms with Crippen LogP contribution in [0.2, 0.25) is 0 Å². The predicted molar refractivity (Wildman–Crippen MR) is 126 cm³/mol. The molecule has 0 aliphatic heterocycles. The topological polar surface area (TPSA) is 95.9 Å². The maximum atomic E-state index is 12.7. The van der Waals surface area contributed by atoms with Crippen molar-refractivity contribution in [2.24, 2.45) is 5.92 Å². The van der Waals surface area contributed by atoms with Crippen LogP contribution in [0.25, 0.3) is 11.1 Å². The fourth-order valence-corrected chi connectivity index (χ4v) is 4.26. The van der Waals surface area contributed by atoms with E-state index in [1.807, 2.05) is 24.3 Å². The van der Waals surface area contributed by atoms with Gasteiger partial charge in [0.25, 0.3) is 0 Å². The van der Waals surface area contributed by atoms with Gasteiger partial charge in [-0.1, -0.05) is 55.5 Å². The van der Waals surface area contributed by atoms with E-state index in [4.69, 9.17) is 9.84 Å². The molecule has 0 aromatic heterocycles. The van der Waals surface area contributed by atoms with E-state index in [0.717, 1.165) is 22.3 Å². The minimum atomic E-state index is -0.947. The van der Waals surface area contributed by atoms with Crippen LogP contribution in [0.4, 0.5) is 4.79 Å². The Hall–Kier alpha value is -3.35. The summed E-state index contributed by atoms with van der Waals surface area (Å²) in [6, 6.07) is 16.2. The number of amides is 2. The molecule has 0 heterocycles. The molecule has 1 aliphatic rings. The highest BCUT2D eigenvalue weighted by molar-refractivity contribution is 5.80. The smallest absolute Gasteiger partial charge is 0.407 e. The first-order valence-corrected chi connectivity index (χ1v) is 11.3. The number of carboxylic acids is 1. The van der Waals surface area contributed by atoms with Crippen molar-refractivity contribution >= 4 is 18.0 Å². The number of hydrogen-bond acceptors (Lipinski definition) is 4. The third-order valence-corrected chi connectivity index (χ3v) is 6.03. The van der Waals surface area contributed by atoms with Crippen molar-refractivity contribution in [3.05, 3.63) is 59.7 Å². The monoisotopic (exact) mass is 452 g/mol. The van der Waals surface area contributed by atoms with Gasteiger partial charge in [-0.3, -0.25) is 9.59 Å². The average molecular weight is 453 g/mol. The van der Waals surface area contributed by atoms with E-state index in [-0.39, 0.29) is 31.4 Å². The lowest BCUT2D eigenvalue weighted by Gasteiger charge is -2.30. The van der Waals surface area contributed by atoms with E-state index in [0.29, 0.717) is 6.54 Å². The minimum Gasteiger partial charge on any atom is -0.481 e. The Balaban J connectivity index is 1.59. The lowest BCUT2D eigenvalue weighted by molar-refractivity contribution is -0.143. The molecule has 0 spiro atoms. The van der Waals surface area contributed by atoms with Crippen molar-refractivity contribution in [3.63, 3.8) is 0 Å². The van der Waals surface area contributed by atoms with E-state index in [1.54, 1.807) is 27.7 Å². The third kappa shape index (κ3) is 5.72. The number of carbonyl (C=O) groups excluding carboxylic acids is 2. The number of carboxylic acid groups (broad SMARTS) is 1. The highest BCUT2D eigenvalue weighted by Crippen LogP contribution is 2.44. The molecule has 3 rings (SSSR count). The number of nitrogens with one attached hydrogen (secondary N) is 1. The zero-order chi connectivity index (χ0) is 24.2. The molecule has 0 radical (unpaired) electrons. The van der Waals surface area contributed by atoms with E-state index in [1.165, 1.54) is 4.90 Å². The Kier molecular flexibility index (Phi) is 7.41. The maximum Gasteiger partial charge on any atom is 0.407 e. The molecular weight excluding hydrogens is 420 g/mol. The van der Waals surface area contributed by atoms with Gasteiger partial charge in [-0.2, -0.15) is 0 Å². The van der Waals surface area contributed by atoms with Crippen LogP contribution in [-0.2, 0) is 14.3 Å². The van der Waals surface area contributed by atoms with Gasteiger partial charge < -0.3 is 20.1 Å². The molecule has 2 aromatic rings. The molecule has 0 fully saturated rings. The molecule has 2 aromatic carbocycles. The number of benzene rings is 2. The Morgan fingerprint density at radius 3 is 2.12 bits per heavy atom. The molecule has 0 saturated carbocycles. The summed E-state index contributed by atoms with van der Waals surface area (Å²) in [4.78, 5) is 37.9. The van der Waals surface area contributed by atoms with Gasteiger partial charge in [-0.05, 0) is 43.0 Å². The van der Waals surface area contributed by atoms with Gasteiger partial charge in [0.2, 0.25) is 5.91 Å². The summed E-state index contributed by atoms with van der Waals surface area (Å²) in [6.07, 6.45) is -0.547. The summed E-state index contributed by atoms with van der Waals surface area (Å²) < 4.78 is 5.59. The Morgan fingerprint density at radius 1 is 1.06 bits per heavy atom. The van der Waals surface area contributed by atoms with Crippen LogP contribution in [0.15, 0.2) is 48.5 Å². The van der Waals surface area contributed by atoms with Crippen LogP contribution in [0, 0.1) is 5.92 Å². The molecule has 2 amide bonds. The molecule has 7 nitrogen and oxygen atoms in total. The number of carbonyl (C=O) groups is 3. The van der Waals surface area contributed by atoms with Crippen LogP contribution >= 0.6 is 0 Å². The Bertz CT molecular complexity index is 987. The summed E-state index contributed by atoms with van der Waals surface area (Å²) in [6.45, 7) is 7.60. The third-order valence-electron chi connectivity index (χ3n) is 6.03. The number of alkyl carbamates (subject to hydrolysis) is 1. The number of rotatable bonds is 9. The number of fused-ring (bicyclic) bond motifs is 3. The molecule has 0 saturated heterocycles. The highest BCUT2D eigenvalue weighted by Gasteiger charge is 2.31. The first kappa shape index (κ1) is 24.3. The number of hydrogen-bond donors (Lipinski definition) is 2. The molecule has 2 N–H and O–H groups in total. The molecule has 0 bridgehead atoms. The summed E-state index contributed by atoms with van der Waals surface area (Å²) in [7, 11) is 0. The molecule has 176 valence electrons. The minimum absolute atomic E-state index is 0.0391. The van der Waals surface area contributed by atoms with Gasteiger partial charge in [0.05, 0.1) is 5.92 Å². The Labute approximate surface area is 194 Å². The molecule has 7 heteroatoms. The largest absolute Gasteiger partial charge is 0.481 e. The van der Waals surface area contributed by atoms with Gasteiger partial charge in [0.1, 0.15) is 6.61 Å². The maximum absolute atomic E-state index is 12.7. The first-order valence-electron chi connectivity index (χ1n) is 11.3. The van der Waals surface area contributed by atoms with Crippen LogP contribution < -0.4 is 5.32 Å². The fourth-order valence-electron chi connectivity index (χ4n) is 4.26. The van der Waals surface area contributed by atoms with Crippen LogP contribution in [0.3, 0.4) is 0 Å². The van der Waals surface area contributed by atoms with Crippen LogP contribution in [-0.4, -0.2) is 53.2 Å². The second-order valence-corrected chi connectivity index (χ2v) is 9.18. The van der Waals surface area contributed by atoms with Crippen molar-refractivity contribution in [3.8, 4) is 11.1 Å². The summed E-state index contributed by atoms with van der Waals surface area (Å²) in [5.74, 6) is -1.86. The van der Waals surface area contributed by atoms with Gasteiger partial charge in [0, 0.05) is 31.0 Å². The highest BCUT2D eigenvalue weighted by atomic mass is 16.5. The second kappa shape index (κ2) is 10.1.